The van der Waals surface area contributed by atoms with E-state index in [4.69, 9.17) is 0 Å². The molecule has 0 saturated carbocycles. The molecule has 0 unspecified atom stereocenters. The van der Waals surface area contributed by atoms with Crippen molar-refractivity contribution < 1.29 is 0 Å². The van der Waals surface area contributed by atoms with E-state index < -0.39 is 0 Å². The van der Waals surface area contributed by atoms with Gasteiger partial charge < -0.3 is 5.32 Å². The van der Waals surface area contributed by atoms with Crippen molar-refractivity contribution in [1.82, 2.24) is 10.2 Å². The van der Waals surface area contributed by atoms with Crippen molar-refractivity contribution in [2.24, 2.45) is 0 Å². The standard InChI is InChI=1S/C12H19BrN2S/c1-12(2)9-15(5-3-4-14-12)7-11-6-10(13)8-16-11/h6,8,14H,3-5,7,9H2,1-2H3. The highest BCUT2D eigenvalue weighted by molar-refractivity contribution is 9.10. The van der Waals surface area contributed by atoms with Gasteiger partial charge in [-0.3, -0.25) is 4.90 Å². The molecule has 0 aliphatic carbocycles. The SMILES string of the molecule is CC1(C)CN(Cc2cc(Br)cs2)CCCN1. The lowest BCUT2D eigenvalue weighted by molar-refractivity contribution is 0.225. The summed E-state index contributed by atoms with van der Waals surface area (Å²) in [5.41, 5.74) is 0.241. The van der Waals surface area contributed by atoms with E-state index in [9.17, 15) is 0 Å². The first kappa shape index (κ1) is 12.6. The second-order valence-electron chi connectivity index (χ2n) is 5.11. The Bertz CT molecular complexity index is 349. The van der Waals surface area contributed by atoms with Gasteiger partial charge in [-0.15, -0.1) is 11.3 Å². The van der Waals surface area contributed by atoms with Crippen LogP contribution in [0.2, 0.25) is 0 Å². The summed E-state index contributed by atoms with van der Waals surface area (Å²) in [6.45, 7) is 9.12. The Hall–Kier alpha value is 0.1000. The molecule has 1 aliphatic rings. The highest BCUT2D eigenvalue weighted by atomic mass is 79.9. The van der Waals surface area contributed by atoms with Crippen LogP contribution in [-0.4, -0.2) is 30.1 Å². The average Bonchev–Trinajstić information content (AvgIpc) is 2.49. The molecule has 16 heavy (non-hydrogen) atoms. The van der Waals surface area contributed by atoms with Crippen LogP contribution in [0.3, 0.4) is 0 Å². The van der Waals surface area contributed by atoms with Crippen LogP contribution >= 0.6 is 27.3 Å². The van der Waals surface area contributed by atoms with Gasteiger partial charge in [-0.05, 0) is 55.4 Å². The maximum absolute atomic E-state index is 3.59. The zero-order valence-corrected chi connectivity index (χ0v) is 12.3. The van der Waals surface area contributed by atoms with Gasteiger partial charge in [-0.25, -0.2) is 0 Å². The molecule has 2 nitrogen and oxygen atoms in total. The van der Waals surface area contributed by atoms with E-state index in [-0.39, 0.29) is 5.54 Å². The molecule has 2 rings (SSSR count). The topological polar surface area (TPSA) is 15.3 Å². The van der Waals surface area contributed by atoms with Crippen LogP contribution in [0, 0.1) is 0 Å². The number of hydrogen-bond acceptors (Lipinski definition) is 3. The van der Waals surface area contributed by atoms with Gasteiger partial charge in [0, 0.05) is 33.4 Å². The lowest BCUT2D eigenvalue weighted by atomic mass is 10.1. The molecule has 0 amide bonds. The predicted octanol–water partition coefficient (Wildman–Crippen LogP) is 3.08. The minimum atomic E-state index is 0.241. The minimum absolute atomic E-state index is 0.241. The lowest BCUT2D eigenvalue weighted by Crippen LogP contribution is -2.46. The minimum Gasteiger partial charge on any atom is -0.310 e. The maximum atomic E-state index is 3.59. The zero-order chi connectivity index (χ0) is 11.6. The van der Waals surface area contributed by atoms with Crippen molar-refractivity contribution in [3.63, 3.8) is 0 Å². The fourth-order valence-electron chi connectivity index (χ4n) is 2.22. The first-order valence-electron chi connectivity index (χ1n) is 5.75. The van der Waals surface area contributed by atoms with E-state index in [2.05, 4.69) is 51.4 Å². The molecule has 0 aromatic carbocycles. The Kier molecular flexibility index (Phi) is 4.06. The van der Waals surface area contributed by atoms with Crippen LogP contribution in [0.1, 0.15) is 25.1 Å². The van der Waals surface area contributed by atoms with Crippen molar-refractivity contribution in [2.75, 3.05) is 19.6 Å². The molecule has 1 N–H and O–H groups in total. The molecule has 1 aromatic heterocycles. The molecule has 0 spiro atoms. The van der Waals surface area contributed by atoms with Gasteiger partial charge in [-0.1, -0.05) is 0 Å². The number of nitrogens with one attached hydrogen (secondary N) is 1. The third-order valence-corrected chi connectivity index (χ3v) is 4.56. The Labute approximate surface area is 110 Å². The highest BCUT2D eigenvalue weighted by Crippen LogP contribution is 2.22. The summed E-state index contributed by atoms with van der Waals surface area (Å²) in [5.74, 6) is 0. The molecule has 1 aromatic rings. The van der Waals surface area contributed by atoms with Crippen molar-refractivity contribution >= 4 is 27.3 Å². The Balaban J connectivity index is 1.98. The number of hydrogen-bond donors (Lipinski definition) is 1. The molecular formula is C12H19BrN2S. The second-order valence-corrected chi connectivity index (χ2v) is 7.02. The molecule has 1 aliphatic heterocycles. The summed E-state index contributed by atoms with van der Waals surface area (Å²) in [4.78, 5) is 4.00. The molecule has 90 valence electrons. The summed E-state index contributed by atoms with van der Waals surface area (Å²) >= 11 is 5.36. The van der Waals surface area contributed by atoms with E-state index in [1.807, 2.05) is 11.3 Å². The lowest BCUT2D eigenvalue weighted by Gasteiger charge is -2.29. The van der Waals surface area contributed by atoms with Crippen LogP contribution in [0.15, 0.2) is 15.9 Å². The van der Waals surface area contributed by atoms with Gasteiger partial charge in [0.05, 0.1) is 0 Å². The molecule has 1 fully saturated rings. The van der Waals surface area contributed by atoms with Crippen LogP contribution in [0.5, 0.6) is 0 Å². The summed E-state index contributed by atoms with van der Waals surface area (Å²) in [5, 5.41) is 5.76. The van der Waals surface area contributed by atoms with Gasteiger partial charge in [-0.2, -0.15) is 0 Å². The second kappa shape index (κ2) is 5.17. The summed E-state index contributed by atoms with van der Waals surface area (Å²) in [6, 6.07) is 2.23. The van der Waals surface area contributed by atoms with Crippen molar-refractivity contribution in [1.29, 1.82) is 0 Å². The van der Waals surface area contributed by atoms with E-state index in [1.165, 1.54) is 22.3 Å². The van der Waals surface area contributed by atoms with Crippen LogP contribution < -0.4 is 5.32 Å². The quantitative estimate of drug-likeness (QED) is 0.903. The smallest absolute Gasteiger partial charge is 0.0329 e. The van der Waals surface area contributed by atoms with Gasteiger partial charge in [0.2, 0.25) is 0 Å². The summed E-state index contributed by atoms with van der Waals surface area (Å²) in [7, 11) is 0. The van der Waals surface area contributed by atoms with E-state index in [1.54, 1.807) is 0 Å². The number of thiophene rings is 1. The van der Waals surface area contributed by atoms with E-state index in [0.29, 0.717) is 0 Å². The molecular weight excluding hydrogens is 284 g/mol. The first-order valence-corrected chi connectivity index (χ1v) is 7.43. The van der Waals surface area contributed by atoms with Crippen molar-refractivity contribution in [2.45, 2.75) is 32.4 Å². The van der Waals surface area contributed by atoms with E-state index in [0.717, 1.165) is 19.6 Å². The Morgan fingerprint density at radius 1 is 1.56 bits per heavy atom. The van der Waals surface area contributed by atoms with Crippen LogP contribution in [0.25, 0.3) is 0 Å². The van der Waals surface area contributed by atoms with E-state index >= 15 is 0 Å². The Morgan fingerprint density at radius 3 is 3.06 bits per heavy atom. The number of nitrogens with zero attached hydrogens (tertiary/aromatic N) is 1. The molecule has 2 heterocycles. The van der Waals surface area contributed by atoms with Crippen molar-refractivity contribution in [3.8, 4) is 0 Å². The fourth-order valence-corrected chi connectivity index (χ4v) is 3.71. The molecule has 0 atom stereocenters. The highest BCUT2D eigenvalue weighted by Gasteiger charge is 2.23. The Morgan fingerprint density at radius 2 is 2.38 bits per heavy atom. The molecule has 0 bridgehead atoms. The van der Waals surface area contributed by atoms with Gasteiger partial charge in [0.1, 0.15) is 0 Å². The van der Waals surface area contributed by atoms with Crippen LogP contribution in [0.4, 0.5) is 0 Å². The number of halogens is 1. The van der Waals surface area contributed by atoms with Crippen LogP contribution in [-0.2, 0) is 6.54 Å². The van der Waals surface area contributed by atoms with Crippen molar-refractivity contribution in [3.05, 3.63) is 20.8 Å². The molecule has 1 saturated heterocycles. The monoisotopic (exact) mass is 302 g/mol. The third kappa shape index (κ3) is 3.55. The maximum Gasteiger partial charge on any atom is 0.0329 e. The van der Waals surface area contributed by atoms with Gasteiger partial charge in [0.15, 0.2) is 0 Å². The largest absolute Gasteiger partial charge is 0.310 e. The van der Waals surface area contributed by atoms with Gasteiger partial charge >= 0.3 is 0 Å². The third-order valence-electron chi connectivity index (χ3n) is 2.87. The summed E-state index contributed by atoms with van der Waals surface area (Å²) < 4.78 is 1.21. The summed E-state index contributed by atoms with van der Waals surface area (Å²) in [6.07, 6.45) is 1.25. The van der Waals surface area contributed by atoms with Gasteiger partial charge in [0.25, 0.3) is 0 Å². The number of rotatable bonds is 2. The normalized spacial score (nSPS) is 21.9. The molecule has 0 radical (unpaired) electrons. The first-order chi connectivity index (χ1) is 7.55. The predicted molar refractivity (Wildman–Crippen MR) is 74.0 cm³/mol. The molecule has 4 heteroatoms. The zero-order valence-electron chi connectivity index (χ0n) is 9.92. The fraction of sp³-hybridized carbons (Fsp3) is 0.667. The average molecular weight is 303 g/mol.